The zero-order valence-electron chi connectivity index (χ0n) is 13.2. The fraction of sp³-hybridized carbons (Fsp3) is 0.375. The van der Waals surface area contributed by atoms with Gasteiger partial charge in [-0.2, -0.15) is 0 Å². The summed E-state index contributed by atoms with van der Waals surface area (Å²) in [6.07, 6.45) is 0. The van der Waals surface area contributed by atoms with Gasteiger partial charge in [0.1, 0.15) is 5.69 Å². The van der Waals surface area contributed by atoms with Crippen LogP contribution in [0.3, 0.4) is 0 Å². The number of hydrogen-bond donors (Lipinski definition) is 1. The van der Waals surface area contributed by atoms with Crippen molar-refractivity contribution in [3.05, 3.63) is 29.6 Å². The molecule has 0 fully saturated rings. The molecule has 0 radical (unpaired) electrons. The van der Waals surface area contributed by atoms with Crippen molar-refractivity contribution in [1.82, 2.24) is 9.97 Å². The Bertz CT molecular complexity index is 642. The van der Waals surface area contributed by atoms with E-state index in [1.807, 2.05) is 39.0 Å². The highest BCUT2D eigenvalue weighted by Gasteiger charge is 2.17. The molecule has 0 spiro atoms. The SMILES string of the molecule is CCNc1nc(C)c(C)nc1-c1cccc(OC)c1OC. The van der Waals surface area contributed by atoms with Crippen LogP contribution in [0.25, 0.3) is 11.3 Å². The molecule has 21 heavy (non-hydrogen) atoms. The number of nitrogens with zero attached hydrogens (tertiary/aromatic N) is 2. The van der Waals surface area contributed by atoms with E-state index in [4.69, 9.17) is 9.47 Å². The fourth-order valence-electron chi connectivity index (χ4n) is 2.16. The summed E-state index contributed by atoms with van der Waals surface area (Å²) < 4.78 is 10.9. The third kappa shape index (κ3) is 2.91. The molecule has 0 aliphatic rings. The molecule has 1 aromatic heterocycles. The van der Waals surface area contributed by atoms with E-state index in [1.54, 1.807) is 14.2 Å². The van der Waals surface area contributed by atoms with Gasteiger partial charge in [0.15, 0.2) is 17.3 Å². The molecule has 2 aromatic rings. The molecule has 5 nitrogen and oxygen atoms in total. The number of methoxy groups -OCH3 is 2. The van der Waals surface area contributed by atoms with Gasteiger partial charge in [-0.25, -0.2) is 9.97 Å². The number of benzene rings is 1. The standard InChI is InChI=1S/C16H21N3O2/c1-6-17-16-14(18-10(2)11(3)19-16)12-8-7-9-13(20-4)15(12)21-5/h7-9H,6H2,1-5H3,(H,17,19). The Balaban J connectivity index is 2.68. The predicted molar refractivity (Wildman–Crippen MR) is 84.2 cm³/mol. The Kier molecular flexibility index (Phi) is 4.62. The summed E-state index contributed by atoms with van der Waals surface area (Å²) in [7, 11) is 3.25. The van der Waals surface area contributed by atoms with E-state index in [9.17, 15) is 0 Å². The average molecular weight is 287 g/mol. The van der Waals surface area contributed by atoms with E-state index < -0.39 is 0 Å². The monoisotopic (exact) mass is 287 g/mol. The fourth-order valence-corrected chi connectivity index (χ4v) is 2.16. The van der Waals surface area contributed by atoms with Crippen molar-refractivity contribution in [2.45, 2.75) is 20.8 Å². The van der Waals surface area contributed by atoms with Gasteiger partial charge in [-0.15, -0.1) is 0 Å². The van der Waals surface area contributed by atoms with Gasteiger partial charge in [-0.1, -0.05) is 6.07 Å². The minimum absolute atomic E-state index is 0.664. The summed E-state index contributed by atoms with van der Waals surface area (Å²) in [5, 5.41) is 3.26. The van der Waals surface area contributed by atoms with Crippen LogP contribution in [0.15, 0.2) is 18.2 Å². The maximum absolute atomic E-state index is 5.50. The largest absolute Gasteiger partial charge is 0.493 e. The quantitative estimate of drug-likeness (QED) is 0.915. The maximum atomic E-state index is 5.50. The van der Waals surface area contributed by atoms with Gasteiger partial charge in [-0.3, -0.25) is 0 Å². The van der Waals surface area contributed by atoms with E-state index in [1.165, 1.54) is 0 Å². The van der Waals surface area contributed by atoms with Crippen molar-refractivity contribution in [2.75, 3.05) is 26.1 Å². The summed E-state index contributed by atoms with van der Waals surface area (Å²) >= 11 is 0. The van der Waals surface area contributed by atoms with E-state index >= 15 is 0 Å². The lowest BCUT2D eigenvalue weighted by molar-refractivity contribution is 0.356. The molecule has 2 rings (SSSR count). The zero-order chi connectivity index (χ0) is 15.4. The van der Waals surface area contributed by atoms with Crippen LogP contribution < -0.4 is 14.8 Å². The molecule has 0 saturated heterocycles. The third-order valence-electron chi connectivity index (χ3n) is 3.31. The van der Waals surface area contributed by atoms with Gasteiger partial charge < -0.3 is 14.8 Å². The summed E-state index contributed by atoms with van der Waals surface area (Å²) in [4.78, 5) is 9.28. The zero-order valence-corrected chi connectivity index (χ0v) is 13.2. The van der Waals surface area contributed by atoms with E-state index in [0.717, 1.165) is 35.0 Å². The molecule has 1 heterocycles. The van der Waals surface area contributed by atoms with Gasteiger partial charge in [0.2, 0.25) is 0 Å². The first-order valence-corrected chi connectivity index (χ1v) is 6.92. The Morgan fingerprint density at radius 1 is 1.05 bits per heavy atom. The highest BCUT2D eigenvalue weighted by molar-refractivity contribution is 5.78. The molecule has 1 aromatic carbocycles. The van der Waals surface area contributed by atoms with Crippen LogP contribution in [0, 0.1) is 13.8 Å². The van der Waals surface area contributed by atoms with Gasteiger partial charge in [-0.05, 0) is 32.9 Å². The van der Waals surface area contributed by atoms with Crippen molar-refractivity contribution in [2.24, 2.45) is 0 Å². The normalized spacial score (nSPS) is 10.3. The minimum Gasteiger partial charge on any atom is -0.493 e. The van der Waals surface area contributed by atoms with Crippen LogP contribution in [0.2, 0.25) is 0 Å². The summed E-state index contributed by atoms with van der Waals surface area (Å²) in [5.41, 5.74) is 3.45. The lowest BCUT2D eigenvalue weighted by Crippen LogP contribution is -2.07. The lowest BCUT2D eigenvalue weighted by atomic mass is 10.1. The highest BCUT2D eigenvalue weighted by Crippen LogP contribution is 2.39. The molecular formula is C16H21N3O2. The molecule has 0 amide bonds. The van der Waals surface area contributed by atoms with Crippen LogP contribution in [-0.4, -0.2) is 30.7 Å². The number of ether oxygens (including phenoxy) is 2. The third-order valence-corrected chi connectivity index (χ3v) is 3.31. The van der Waals surface area contributed by atoms with Gasteiger partial charge in [0, 0.05) is 12.1 Å². The van der Waals surface area contributed by atoms with Crippen LogP contribution in [0.4, 0.5) is 5.82 Å². The number of nitrogens with one attached hydrogen (secondary N) is 1. The lowest BCUT2D eigenvalue weighted by Gasteiger charge is -2.16. The van der Waals surface area contributed by atoms with E-state index in [0.29, 0.717) is 11.5 Å². The molecule has 1 N–H and O–H groups in total. The van der Waals surface area contributed by atoms with Crippen molar-refractivity contribution in [1.29, 1.82) is 0 Å². The molecule has 0 aliphatic carbocycles. The van der Waals surface area contributed by atoms with Crippen LogP contribution >= 0.6 is 0 Å². The first kappa shape index (κ1) is 15.1. The molecule has 0 atom stereocenters. The Labute approximate surface area is 125 Å². The smallest absolute Gasteiger partial charge is 0.170 e. The summed E-state index contributed by atoms with van der Waals surface area (Å²) in [5.74, 6) is 2.10. The number of hydrogen-bond acceptors (Lipinski definition) is 5. The highest BCUT2D eigenvalue weighted by atomic mass is 16.5. The second-order valence-electron chi connectivity index (χ2n) is 4.66. The Morgan fingerprint density at radius 3 is 2.38 bits per heavy atom. The topological polar surface area (TPSA) is 56.3 Å². The maximum Gasteiger partial charge on any atom is 0.170 e. The molecule has 0 aliphatic heterocycles. The molecule has 0 bridgehead atoms. The van der Waals surface area contributed by atoms with Crippen molar-refractivity contribution >= 4 is 5.82 Å². The van der Waals surface area contributed by atoms with Crippen molar-refractivity contribution in [3.63, 3.8) is 0 Å². The molecule has 0 saturated carbocycles. The van der Waals surface area contributed by atoms with Gasteiger partial charge >= 0.3 is 0 Å². The van der Waals surface area contributed by atoms with Crippen LogP contribution in [0.5, 0.6) is 11.5 Å². The number of rotatable bonds is 5. The number of anilines is 1. The Morgan fingerprint density at radius 2 is 1.76 bits per heavy atom. The summed E-state index contributed by atoms with van der Waals surface area (Å²) in [6, 6.07) is 5.74. The average Bonchev–Trinajstić information content (AvgIpc) is 2.50. The van der Waals surface area contributed by atoms with Gasteiger partial charge in [0.05, 0.1) is 25.6 Å². The minimum atomic E-state index is 0.664. The van der Waals surface area contributed by atoms with Crippen LogP contribution in [-0.2, 0) is 0 Å². The van der Waals surface area contributed by atoms with E-state index in [-0.39, 0.29) is 0 Å². The second-order valence-corrected chi connectivity index (χ2v) is 4.66. The number of aryl methyl sites for hydroxylation is 2. The number of aromatic nitrogens is 2. The Hall–Kier alpha value is -2.30. The van der Waals surface area contributed by atoms with Crippen molar-refractivity contribution in [3.8, 4) is 22.8 Å². The summed E-state index contributed by atoms with van der Waals surface area (Å²) in [6.45, 7) is 6.71. The number of para-hydroxylation sites is 1. The molecular weight excluding hydrogens is 266 g/mol. The molecule has 5 heteroatoms. The van der Waals surface area contributed by atoms with Crippen molar-refractivity contribution < 1.29 is 9.47 Å². The predicted octanol–water partition coefficient (Wildman–Crippen LogP) is 3.21. The second kappa shape index (κ2) is 6.43. The van der Waals surface area contributed by atoms with Crippen LogP contribution in [0.1, 0.15) is 18.3 Å². The first-order chi connectivity index (χ1) is 10.1. The first-order valence-electron chi connectivity index (χ1n) is 6.92. The molecule has 0 unspecified atom stereocenters. The van der Waals surface area contributed by atoms with E-state index in [2.05, 4.69) is 15.3 Å². The van der Waals surface area contributed by atoms with Gasteiger partial charge in [0.25, 0.3) is 0 Å². The molecule has 112 valence electrons.